The van der Waals surface area contributed by atoms with E-state index in [1.54, 1.807) is 7.11 Å². The fraction of sp³-hybridized carbons (Fsp3) is 0.462. The van der Waals surface area contributed by atoms with Crippen molar-refractivity contribution >= 4 is 17.5 Å². The van der Waals surface area contributed by atoms with Crippen LogP contribution in [0.25, 0.3) is 0 Å². The van der Waals surface area contributed by atoms with E-state index in [4.69, 9.17) is 16.3 Å². The molecule has 0 aliphatic heterocycles. The van der Waals surface area contributed by atoms with Gasteiger partial charge >= 0.3 is 0 Å². The molecule has 1 N–H and O–H groups in total. The van der Waals surface area contributed by atoms with Crippen LogP contribution in [-0.4, -0.2) is 19.6 Å². The summed E-state index contributed by atoms with van der Waals surface area (Å²) in [5.74, 6) is 0.875. The van der Waals surface area contributed by atoms with Gasteiger partial charge in [0, 0.05) is 18.0 Å². The average Bonchev–Trinajstić information content (AvgIpc) is 2.32. The van der Waals surface area contributed by atoms with E-state index >= 15 is 0 Å². The number of carbonyl (C=O) groups is 1. The topological polar surface area (TPSA) is 38.3 Å². The van der Waals surface area contributed by atoms with E-state index in [1.807, 2.05) is 26.0 Å². The molecule has 0 saturated heterocycles. The number of ether oxygens (including phenoxy) is 1. The van der Waals surface area contributed by atoms with Crippen molar-refractivity contribution in [3.63, 3.8) is 0 Å². The van der Waals surface area contributed by atoms with Gasteiger partial charge in [-0.15, -0.1) is 0 Å². The second-order valence-corrected chi connectivity index (χ2v) is 4.27. The van der Waals surface area contributed by atoms with E-state index in [1.165, 1.54) is 0 Å². The zero-order valence-corrected chi connectivity index (χ0v) is 11.2. The van der Waals surface area contributed by atoms with E-state index in [2.05, 4.69) is 5.32 Å². The predicted molar refractivity (Wildman–Crippen MR) is 69.7 cm³/mol. The summed E-state index contributed by atoms with van der Waals surface area (Å²) in [6.07, 6.45) is 1.22. The summed E-state index contributed by atoms with van der Waals surface area (Å²) in [5, 5.41) is 3.55. The minimum Gasteiger partial charge on any atom is -0.496 e. The van der Waals surface area contributed by atoms with Crippen LogP contribution in [0.4, 0.5) is 0 Å². The van der Waals surface area contributed by atoms with Crippen LogP contribution in [-0.2, 0) is 11.2 Å². The quantitative estimate of drug-likeness (QED) is 0.879. The lowest BCUT2D eigenvalue weighted by Crippen LogP contribution is -2.24. The average molecular weight is 256 g/mol. The summed E-state index contributed by atoms with van der Waals surface area (Å²) in [7, 11) is 1.64. The molecular formula is C13H18ClNO2. The van der Waals surface area contributed by atoms with Crippen molar-refractivity contribution in [3.05, 3.63) is 28.3 Å². The molecule has 3 nitrogen and oxygen atoms in total. The highest BCUT2D eigenvalue weighted by Gasteiger charge is 2.07. The number of aryl methyl sites for hydroxylation is 1. The molecule has 1 amide bonds. The molecule has 0 unspecified atom stereocenters. The number of amides is 1. The first-order valence-corrected chi connectivity index (χ1v) is 6.06. The van der Waals surface area contributed by atoms with E-state index in [9.17, 15) is 4.79 Å². The van der Waals surface area contributed by atoms with Crippen molar-refractivity contribution in [3.8, 4) is 5.75 Å². The molecule has 17 heavy (non-hydrogen) atoms. The van der Waals surface area contributed by atoms with Gasteiger partial charge < -0.3 is 10.1 Å². The van der Waals surface area contributed by atoms with Crippen LogP contribution in [0.3, 0.4) is 0 Å². The number of hydrogen-bond acceptors (Lipinski definition) is 2. The number of nitrogens with one attached hydrogen (secondary N) is 1. The molecule has 4 heteroatoms. The molecule has 1 rings (SSSR count). The van der Waals surface area contributed by atoms with Crippen molar-refractivity contribution in [1.29, 1.82) is 0 Å². The van der Waals surface area contributed by atoms with E-state index in [-0.39, 0.29) is 5.91 Å². The van der Waals surface area contributed by atoms with Gasteiger partial charge in [-0.25, -0.2) is 0 Å². The Hall–Kier alpha value is -1.22. The summed E-state index contributed by atoms with van der Waals surface area (Å²) >= 11 is 6.07. The lowest BCUT2D eigenvalue weighted by atomic mass is 10.1. The van der Waals surface area contributed by atoms with Gasteiger partial charge in [0.05, 0.1) is 7.11 Å². The van der Waals surface area contributed by atoms with Gasteiger partial charge in [0.1, 0.15) is 5.75 Å². The zero-order chi connectivity index (χ0) is 12.8. The normalized spacial score (nSPS) is 10.1. The number of halogens is 1. The highest BCUT2D eigenvalue weighted by Crippen LogP contribution is 2.26. The third kappa shape index (κ3) is 3.93. The van der Waals surface area contributed by atoms with Gasteiger partial charge in [0.2, 0.25) is 5.91 Å². The Morgan fingerprint density at radius 2 is 2.18 bits per heavy atom. The first-order chi connectivity index (χ1) is 8.08. The maximum absolute atomic E-state index is 11.1. The Bertz CT molecular complexity index is 405. The maximum Gasteiger partial charge on any atom is 0.219 e. The maximum atomic E-state index is 11.1. The van der Waals surface area contributed by atoms with Crippen LogP contribution in [0.2, 0.25) is 5.02 Å². The Balaban J connectivity index is 2.69. The first-order valence-electron chi connectivity index (χ1n) is 5.68. The summed E-state index contributed by atoms with van der Waals surface area (Å²) in [6.45, 7) is 4.37. The van der Waals surface area contributed by atoms with Crippen molar-refractivity contribution in [2.45, 2.75) is 26.7 Å². The fourth-order valence-corrected chi connectivity index (χ4v) is 1.73. The smallest absolute Gasteiger partial charge is 0.219 e. The Kier molecular flexibility index (Phi) is 5.29. The minimum atomic E-state index is 0.0576. The van der Waals surface area contributed by atoms with Crippen LogP contribution in [0.5, 0.6) is 5.75 Å². The summed E-state index contributed by atoms with van der Waals surface area (Å²) in [4.78, 5) is 11.1. The molecule has 94 valence electrons. The molecule has 0 heterocycles. The molecule has 0 bridgehead atoms. The van der Waals surface area contributed by atoms with Gasteiger partial charge in [0.25, 0.3) is 0 Å². The van der Waals surface area contributed by atoms with Gasteiger partial charge in [-0.05, 0) is 36.6 Å². The molecule has 0 fully saturated rings. The van der Waals surface area contributed by atoms with Crippen molar-refractivity contribution in [2.24, 2.45) is 0 Å². The van der Waals surface area contributed by atoms with Gasteiger partial charge in [-0.3, -0.25) is 4.79 Å². The monoisotopic (exact) mass is 255 g/mol. The molecule has 1 aromatic carbocycles. The number of carbonyl (C=O) groups excluding carboxylic acids is 1. The van der Waals surface area contributed by atoms with Crippen LogP contribution in [0, 0.1) is 6.92 Å². The predicted octanol–water partition coefficient (Wildman–Crippen LogP) is 2.73. The molecule has 0 spiro atoms. The molecule has 0 saturated carbocycles. The molecule has 0 aromatic heterocycles. The van der Waals surface area contributed by atoms with Crippen molar-refractivity contribution in [2.75, 3.05) is 13.7 Å². The number of benzene rings is 1. The van der Waals surface area contributed by atoms with Crippen LogP contribution in [0.15, 0.2) is 12.1 Å². The standard InChI is InChI=1S/C13H18ClNO2/c1-4-13(16)15-6-5-10-8-11(14)9(2)7-12(10)17-3/h7-8H,4-6H2,1-3H3,(H,15,16). The van der Waals surface area contributed by atoms with Gasteiger partial charge in [-0.1, -0.05) is 18.5 Å². The first kappa shape index (κ1) is 13.8. The number of rotatable bonds is 5. The third-order valence-electron chi connectivity index (χ3n) is 2.60. The highest BCUT2D eigenvalue weighted by atomic mass is 35.5. The lowest BCUT2D eigenvalue weighted by Gasteiger charge is -2.11. The summed E-state index contributed by atoms with van der Waals surface area (Å²) in [5.41, 5.74) is 2.00. The zero-order valence-electron chi connectivity index (χ0n) is 10.5. The van der Waals surface area contributed by atoms with Crippen LogP contribution < -0.4 is 10.1 Å². The van der Waals surface area contributed by atoms with Gasteiger partial charge in [0.15, 0.2) is 0 Å². The molecule has 0 atom stereocenters. The SMILES string of the molecule is CCC(=O)NCCc1cc(Cl)c(C)cc1OC. The fourth-order valence-electron chi connectivity index (χ4n) is 1.54. The number of methoxy groups -OCH3 is 1. The van der Waals surface area contributed by atoms with Crippen molar-refractivity contribution in [1.82, 2.24) is 5.32 Å². The Morgan fingerprint density at radius 1 is 1.47 bits per heavy atom. The second kappa shape index (κ2) is 6.50. The van der Waals surface area contributed by atoms with Crippen molar-refractivity contribution < 1.29 is 9.53 Å². The third-order valence-corrected chi connectivity index (χ3v) is 3.01. The van der Waals surface area contributed by atoms with E-state index in [0.717, 1.165) is 28.3 Å². The summed E-state index contributed by atoms with van der Waals surface area (Å²) < 4.78 is 5.29. The van der Waals surface area contributed by atoms with Crippen LogP contribution >= 0.6 is 11.6 Å². The summed E-state index contributed by atoms with van der Waals surface area (Å²) in [6, 6.07) is 3.81. The molecule has 0 aliphatic carbocycles. The Labute approximate surface area is 107 Å². The second-order valence-electron chi connectivity index (χ2n) is 3.87. The molecule has 1 aromatic rings. The van der Waals surface area contributed by atoms with Crippen LogP contribution in [0.1, 0.15) is 24.5 Å². The number of hydrogen-bond donors (Lipinski definition) is 1. The molecule has 0 radical (unpaired) electrons. The highest BCUT2D eigenvalue weighted by molar-refractivity contribution is 6.31. The van der Waals surface area contributed by atoms with Gasteiger partial charge in [-0.2, -0.15) is 0 Å². The lowest BCUT2D eigenvalue weighted by molar-refractivity contribution is -0.120. The minimum absolute atomic E-state index is 0.0576. The van der Waals surface area contributed by atoms with E-state index < -0.39 is 0 Å². The Morgan fingerprint density at radius 3 is 2.76 bits per heavy atom. The molecule has 0 aliphatic rings. The largest absolute Gasteiger partial charge is 0.496 e. The molecular weight excluding hydrogens is 238 g/mol. The van der Waals surface area contributed by atoms with E-state index in [0.29, 0.717) is 13.0 Å².